The van der Waals surface area contributed by atoms with E-state index in [0.717, 1.165) is 24.6 Å². The van der Waals surface area contributed by atoms with Gasteiger partial charge in [0.15, 0.2) is 0 Å². The minimum atomic E-state index is -0.408. The Morgan fingerprint density at radius 2 is 2.41 bits per heavy atom. The first-order valence-corrected chi connectivity index (χ1v) is 5.86. The van der Waals surface area contributed by atoms with Gasteiger partial charge in [-0.15, -0.1) is 0 Å². The fourth-order valence-electron chi connectivity index (χ4n) is 1.79. The van der Waals surface area contributed by atoms with Crippen molar-refractivity contribution in [2.75, 3.05) is 0 Å². The minimum absolute atomic E-state index is 0.408. The van der Waals surface area contributed by atoms with E-state index >= 15 is 0 Å². The SMILES string of the molecule is CCn1ncnc1CC(O)CCc1ccco1. The molecule has 2 aromatic rings. The number of aliphatic hydroxyl groups excluding tert-OH is 1. The highest BCUT2D eigenvalue weighted by Crippen LogP contribution is 2.09. The quantitative estimate of drug-likeness (QED) is 0.822. The van der Waals surface area contributed by atoms with E-state index in [1.165, 1.54) is 6.33 Å². The van der Waals surface area contributed by atoms with Crippen LogP contribution in [0.15, 0.2) is 29.1 Å². The number of nitrogens with zero attached hydrogens (tertiary/aromatic N) is 3. The highest BCUT2D eigenvalue weighted by atomic mass is 16.3. The molecule has 0 radical (unpaired) electrons. The zero-order chi connectivity index (χ0) is 12.1. The zero-order valence-corrected chi connectivity index (χ0v) is 9.91. The maximum atomic E-state index is 9.92. The molecule has 0 spiro atoms. The van der Waals surface area contributed by atoms with Crippen molar-refractivity contribution in [3.63, 3.8) is 0 Å². The molecule has 0 bridgehead atoms. The Hall–Kier alpha value is -1.62. The fourth-order valence-corrected chi connectivity index (χ4v) is 1.79. The molecule has 0 amide bonds. The summed E-state index contributed by atoms with van der Waals surface area (Å²) in [6.45, 7) is 2.79. The molecule has 0 aliphatic carbocycles. The number of aliphatic hydroxyl groups is 1. The van der Waals surface area contributed by atoms with Crippen LogP contribution in [-0.4, -0.2) is 26.0 Å². The van der Waals surface area contributed by atoms with Gasteiger partial charge in [-0.3, -0.25) is 4.68 Å². The van der Waals surface area contributed by atoms with Crippen LogP contribution in [0.2, 0.25) is 0 Å². The molecule has 0 aliphatic rings. The van der Waals surface area contributed by atoms with Gasteiger partial charge in [0.05, 0.1) is 12.4 Å². The highest BCUT2D eigenvalue weighted by molar-refractivity contribution is 4.98. The monoisotopic (exact) mass is 235 g/mol. The van der Waals surface area contributed by atoms with Crippen LogP contribution >= 0.6 is 0 Å². The van der Waals surface area contributed by atoms with Crippen LogP contribution < -0.4 is 0 Å². The van der Waals surface area contributed by atoms with E-state index in [0.29, 0.717) is 12.8 Å². The normalized spacial score (nSPS) is 12.8. The average molecular weight is 235 g/mol. The summed E-state index contributed by atoms with van der Waals surface area (Å²) in [4.78, 5) is 4.14. The molecule has 2 aromatic heterocycles. The van der Waals surface area contributed by atoms with E-state index in [9.17, 15) is 5.11 Å². The first kappa shape index (κ1) is 11.9. The highest BCUT2D eigenvalue weighted by Gasteiger charge is 2.11. The van der Waals surface area contributed by atoms with E-state index in [4.69, 9.17) is 4.42 Å². The van der Waals surface area contributed by atoms with E-state index < -0.39 is 6.10 Å². The second-order valence-electron chi connectivity index (χ2n) is 3.97. The lowest BCUT2D eigenvalue weighted by Gasteiger charge is -2.09. The molecule has 92 valence electrons. The van der Waals surface area contributed by atoms with Gasteiger partial charge >= 0.3 is 0 Å². The standard InChI is InChI=1S/C12H17N3O2/c1-2-15-12(13-9-14-15)8-10(16)5-6-11-4-3-7-17-11/h3-4,7,9-10,16H,2,5-6,8H2,1H3. The van der Waals surface area contributed by atoms with Gasteiger partial charge in [-0.05, 0) is 25.5 Å². The number of hydrogen-bond acceptors (Lipinski definition) is 4. The number of furan rings is 1. The molecule has 1 unspecified atom stereocenters. The smallest absolute Gasteiger partial charge is 0.138 e. The van der Waals surface area contributed by atoms with Crippen molar-refractivity contribution in [2.24, 2.45) is 0 Å². The summed E-state index contributed by atoms with van der Waals surface area (Å²) in [5.74, 6) is 1.74. The summed E-state index contributed by atoms with van der Waals surface area (Å²) in [6.07, 6.45) is 4.72. The maximum Gasteiger partial charge on any atom is 0.138 e. The Bertz CT molecular complexity index is 436. The number of aromatic nitrogens is 3. The molecule has 17 heavy (non-hydrogen) atoms. The van der Waals surface area contributed by atoms with Gasteiger partial charge in [-0.2, -0.15) is 5.10 Å². The lowest BCUT2D eigenvalue weighted by molar-refractivity contribution is 0.159. The van der Waals surface area contributed by atoms with Crippen LogP contribution in [-0.2, 0) is 19.4 Å². The molecule has 0 aromatic carbocycles. The van der Waals surface area contributed by atoms with Crippen molar-refractivity contribution in [1.82, 2.24) is 14.8 Å². The van der Waals surface area contributed by atoms with Crippen molar-refractivity contribution in [3.8, 4) is 0 Å². The number of rotatable bonds is 6. The first-order chi connectivity index (χ1) is 8.29. The van der Waals surface area contributed by atoms with E-state index in [1.54, 1.807) is 10.9 Å². The molecule has 2 rings (SSSR count). The van der Waals surface area contributed by atoms with Crippen molar-refractivity contribution < 1.29 is 9.52 Å². The second-order valence-corrected chi connectivity index (χ2v) is 3.97. The largest absolute Gasteiger partial charge is 0.469 e. The average Bonchev–Trinajstić information content (AvgIpc) is 2.97. The van der Waals surface area contributed by atoms with Crippen molar-refractivity contribution >= 4 is 0 Å². The molecule has 1 atom stereocenters. The molecule has 0 fully saturated rings. The molecular formula is C12H17N3O2. The summed E-state index contributed by atoms with van der Waals surface area (Å²) >= 11 is 0. The van der Waals surface area contributed by atoms with Gasteiger partial charge < -0.3 is 9.52 Å². The Kier molecular flexibility index (Phi) is 3.93. The molecule has 2 heterocycles. The van der Waals surface area contributed by atoms with Crippen LogP contribution in [0.1, 0.15) is 24.9 Å². The Labute approximate surface area is 100 Å². The molecule has 1 N–H and O–H groups in total. The topological polar surface area (TPSA) is 64.1 Å². The van der Waals surface area contributed by atoms with Gasteiger partial charge in [0.2, 0.25) is 0 Å². The molecule has 0 saturated heterocycles. The molecule has 5 nitrogen and oxygen atoms in total. The van der Waals surface area contributed by atoms with Crippen LogP contribution in [0.5, 0.6) is 0 Å². The summed E-state index contributed by atoms with van der Waals surface area (Å²) in [5, 5.41) is 14.0. The lowest BCUT2D eigenvalue weighted by atomic mass is 10.1. The number of hydrogen-bond donors (Lipinski definition) is 1. The summed E-state index contributed by atoms with van der Waals surface area (Å²) in [5.41, 5.74) is 0. The van der Waals surface area contributed by atoms with E-state index in [2.05, 4.69) is 10.1 Å². The van der Waals surface area contributed by atoms with Gasteiger partial charge in [0.25, 0.3) is 0 Å². The summed E-state index contributed by atoms with van der Waals surface area (Å²) < 4.78 is 7.02. The predicted molar refractivity (Wildman–Crippen MR) is 62.4 cm³/mol. The van der Waals surface area contributed by atoms with E-state index in [-0.39, 0.29) is 0 Å². The Morgan fingerprint density at radius 3 is 3.12 bits per heavy atom. The van der Waals surface area contributed by atoms with Gasteiger partial charge in [-0.1, -0.05) is 0 Å². The maximum absolute atomic E-state index is 9.92. The number of aryl methyl sites for hydroxylation is 2. The van der Waals surface area contributed by atoms with Gasteiger partial charge in [-0.25, -0.2) is 4.98 Å². The van der Waals surface area contributed by atoms with E-state index in [1.807, 2.05) is 19.1 Å². The lowest BCUT2D eigenvalue weighted by Crippen LogP contribution is -2.16. The van der Waals surface area contributed by atoms with Crippen LogP contribution in [0.3, 0.4) is 0 Å². The van der Waals surface area contributed by atoms with Gasteiger partial charge in [0, 0.05) is 19.4 Å². The van der Waals surface area contributed by atoms with Gasteiger partial charge in [0.1, 0.15) is 17.9 Å². The third kappa shape index (κ3) is 3.17. The third-order valence-electron chi connectivity index (χ3n) is 2.72. The zero-order valence-electron chi connectivity index (χ0n) is 9.91. The van der Waals surface area contributed by atoms with Crippen molar-refractivity contribution in [3.05, 3.63) is 36.3 Å². The third-order valence-corrected chi connectivity index (χ3v) is 2.72. The van der Waals surface area contributed by atoms with Crippen LogP contribution in [0.25, 0.3) is 0 Å². The van der Waals surface area contributed by atoms with Crippen LogP contribution in [0, 0.1) is 0 Å². The molecule has 5 heteroatoms. The first-order valence-electron chi connectivity index (χ1n) is 5.86. The van der Waals surface area contributed by atoms with Crippen molar-refractivity contribution in [2.45, 2.75) is 38.8 Å². The fraction of sp³-hybridized carbons (Fsp3) is 0.500. The van der Waals surface area contributed by atoms with Crippen LogP contribution in [0.4, 0.5) is 0 Å². The predicted octanol–water partition coefficient (Wildman–Crippen LogP) is 1.43. The van der Waals surface area contributed by atoms with Crippen molar-refractivity contribution in [1.29, 1.82) is 0 Å². The summed E-state index contributed by atoms with van der Waals surface area (Å²) in [7, 11) is 0. The molecule has 0 saturated carbocycles. The Balaban J connectivity index is 1.83. The molecule has 0 aliphatic heterocycles. The summed E-state index contributed by atoms with van der Waals surface area (Å²) in [6, 6.07) is 3.77. The second kappa shape index (κ2) is 5.63. The minimum Gasteiger partial charge on any atom is -0.469 e. The molecular weight excluding hydrogens is 218 g/mol. The Morgan fingerprint density at radius 1 is 1.53 bits per heavy atom.